The topological polar surface area (TPSA) is 90.4 Å². The van der Waals surface area contributed by atoms with Gasteiger partial charge in [0, 0.05) is 33.1 Å². The maximum Gasteiger partial charge on any atom is 0.231 e. The van der Waals surface area contributed by atoms with Crippen molar-refractivity contribution in [1.82, 2.24) is 9.80 Å². The van der Waals surface area contributed by atoms with Gasteiger partial charge in [0.25, 0.3) is 0 Å². The molecular formula is C13H24N4O2. The molecule has 0 aliphatic carbocycles. The van der Waals surface area contributed by atoms with E-state index in [1.807, 2.05) is 11.0 Å². The largest absolute Gasteiger partial charge is 0.369 e. The summed E-state index contributed by atoms with van der Waals surface area (Å²) in [7, 11) is 1.68. The Kier molecular flexibility index (Phi) is 8.55. The third-order valence-electron chi connectivity index (χ3n) is 2.63. The molecule has 0 radical (unpaired) electrons. The number of hydrogen-bond acceptors (Lipinski definition) is 4. The summed E-state index contributed by atoms with van der Waals surface area (Å²) in [6.07, 6.45) is 0.668. The number of hydrogen-bond donors (Lipinski definition) is 1. The molecule has 0 spiro atoms. The minimum atomic E-state index is -0.383. The zero-order chi connectivity index (χ0) is 14.8. The lowest BCUT2D eigenvalue weighted by atomic mass is 10.2. The molecule has 0 aromatic rings. The average molecular weight is 268 g/mol. The summed E-state index contributed by atoms with van der Waals surface area (Å²) in [6, 6.07) is 2.01. The monoisotopic (exact) mass is 268 g/mol. The predicted molar refractivity (Wildman–Crippen MR) is 73.0 cm³/mol. The average Bonchev–Trinajstić information content (AvgIpc) is 2.31. The van der Waals surface area contributed by atoms with Gasteiger partial charge in [-0.1, -0.05) is 13.8 Å². The van der Waals surface area contributed by atoms with Crippen LogP contribution in [0.4, 0.5) is 0 Å². The van der Waals surface area contributed by atoms with E-state index in [4.69, 9.17) is 11.0 Å². The van der Waals surface area contributed by atoms with E-state index >= 15 is 0 Å². The van der Waals surface area contributed by atoms with Crippen LogP contribution in [0.15, 0.2) is 0 Å². The normalized spacial score (nSPS) is 10.5. The number of rotatable bonds is 9. The summed E-state index contributed by atoms with van der Waals surface area (Å²) in [4.78, 5) is 26.2. The second kappa shape index (κ2) is 9.34. The lowest BCUT2D eigenvalue weighted by Gasteiger charge is -2.23. The van der Waals surface area contributed by atoms with Crippen molar-refractivity contribution in [1.29, 1.82) is 5.26 Å². The quantitative estimate of drug-likeness (QED) is 0.646. The van der Waals surface area contributed by atoms with Crippen LogP contribution in [0.2, 0.25) is 0 Å². The minimum Gasteiger partial charge on any atom is -0.369 e. The molecule has 6 heteroatoms. The van der Waals surface area contributed by atoms with Gasteiger partial charge in [0.05, 0.1) is 19.0 Å². The summed E-state index contributed by atoms with van der Waals surface area (Å²) in [5, 5.41) is 8.47. The maximum absolute atomic E-state index is 11.8. The molecule has 0 saturated heterocycles. The molecule has 0 heterocycles. The molecule has 2 N–H and O–H groups in total. The number of nitrogens with two attached hydrogens (primary N) is 1. The van der Waals surface area contributed by atoms with E-state index in [0.717, 1.165) is 6.54 Å². The van der Waals surface area contributed by atoms with Gasteiger partial charge in [-0.15, -0.1) is 0 Å². The van der Waals surface area contributed by atoms with E-state index in [1.54, 1.807) is 11.9 Å². The van der Waals surface area contributed by atoms with Crippen molar-refractivity contribution in [2.45, 2.75) is 26.7 Å². The van der Waals surface area contributed by atoms with Crippen molar-refractivity contribution in [2.24, 2.45) is 11.7 Å². The van der Waals surface area contributed by atoms with Gasteiger partial charge in [-0.3, -0.25) is 14.5 Å². The highest BCUT2D eigenvalue weighted by Crippen LogP contribution is 2.01. The van der Waals surface area contributed by atoms with Crippen LogP contribution < -0.4 is 5.73 Å². The molecule has 0 bridgehead atoms. The number of nitrogens with zero attached hydrogens (tertiary/aromatic N) is 3. The molecule has 6 nitrogen and oxygen atoms in total. The number of nitriles is 1. The van der Waals surface area contributed by atoms with Crippen LogP contribution >= 0.6 is 0 Å². The first-order valence-electron chi connectivity index (χ1n) is 6.48. The second-order valence-corrected chi connectivity index (χ2v) is 5.07. The zero-order valence-corrected chi connectivity index (χ0v) is 12.1. The molecule has 108 valence electrons. The van der Waals surface area contributed by atoms with Crippen molar-refractivity contribution in [2.75, 3.05) is 33.2 Å². The van der Waals surface area contributed by atoms with Crippen LogP contribution in [0.1, 0.15) is 26.7 Å². The Hall–Kier alpha value is -1.61. The van der Waals surface area contributed by atoms with Crippen molar-refractivity contribution in [3.8, 4) is 6.07 Å². The molecule has 0 saturated carbocycles. The highest BCUT2D eigenvalue weighted by molar-refractivity contribution is 5.77. The maximum atomic E-state index is 11.8. The first kappa shape index (κ1) is 17.4. The molecule has 0 fully saturated rings. The van der Waals surface area contributed by atoms with E-state index in [0.29, 0.717) is 31.8 Å². The van der Waals surface area contributed by atoms with Gasteiger partial charge in [0.1, 0.15) is 0 Å². The first-order chi connectivity index (χ1) is 8.86. The molecule has 0 aromatic carbocycles. The van der Waals surface area contributed by atoms with Crippen molar-refractivity contribution >= 4 is 11.8 Å². The van der Waals surface area contributed by atoms with E-state index in [-0.39, 0.29) is 18.4 Å². The molecule has 2 amide bonds. The first-order valence-corrected chi connectivity index (χ1v) is 6.48. The Morgan fingerprint density at radius 3 is 2.42 bits per heavy atom. The molecule has 0 aliphatic rings. The summed E-state index contributed by atoms with van der Waals surface area (Å²) >= 11 is 0. The van der Waals surface area contributed by atoms with Gasteiger partial charge in [-0.05, 0) is 5.92 Å². The van der Waals surface area contributed by atoms with E-state index in [2.05, 4.69) is 13.8 Å². The minimum absolute atomic E-state index is 0.0199. The van der Waals surface area contributed by atoms with Crippen LogP contribution in [0.3, 0.4) is 0 Å². The van der Waals surface area contributed by atoms with Gasteiger partial charge in [-0.2, -0.15) is 5.26 Å². The standard InChI is InChI=1S/C13H24N4O2/c1-11(2)9-17(10-12(15)18)8-5-13(19)16(3)7-4-6-14/h11H,4-5,7-10H2,1-3H3,(H2,15,18). The van der Waals surface area contributed by atoms with Crippen molar-refractivity contribution in [3.63, 3.8) is 0 Å². The fourth-order valence-electron chi connectivity index (χ4n) is 1.76. The van der Waals surface area contributed by atoms with E-state index in [9.17, 15) is 9.59 Å². The predicted octanol–water partition coefficient (Wildman–Crippen LogP) is 0.192. The van der Waals surface area contributed by atoms with Gasteiger partial charge in [0.15, 0.2) is 0 Å². The Balaban J connectivity index is 4.18. The Bertz CT molecular complexity index is 336. The number of carbonyl (C=O) groups excluding carboxylic acids is 2. The third-order valence-corrected chi connectivity index (χ3v) is 2.63. The molecule has 0 rings (SSSR count). The highest BCUT2D eigenvalue weighted by atomic mass is 16.2. The lowest BCUT2D eigenvalue weighted by molar-refractivity contribution is -0.130. The van der Waals surface area contributed by atoms with Gasteiger partial charge in [-0.25, -0.2) is 0 Å². The summed E-state index contributed by atoms with van der Waals surface area (Å²) in [5.41, 5.74) is 5.19. The fourth-order valence-corrected chi connectivity index (χ4v) is 1.76. The van der Waals surface area contributed by atoms with Crippen molar-refractivity contribution in [3.05, 3.63) is 0 Å². The highest BCUT2D eigenvalue weighted by Gasteiger charge is 2.14. The summed E-state index contributed by atoms with van der Waals surface area (Å²) < 4.78 is 0. The summed E-state index contributed by atoms with van der Waals surface area (Å²) in [6.45, 7) is 5.96. The Morgan fingerprint density at radius 2 is 1.95 bits per heavy atom. The molecule has 0 atom stereocenters. The number of amides is 2. The van der Waals surface area contributed by atoms with Crippen LogP contribution in [-0.2, 0) is 9.59 Å². The Labute approximate surface area is 115 Å². The molecule has 0 aromatic heterocycles. The number of primary amides is 1. The number of carbonyl (C=O) groups is 2. The van der Waals surface area contributed by atoms with Crippen LogP contribution in [0.25, 0.3) is 0 Å². The van der Waals surface area contributed by atoms with Crippen LogP contribution in [0, 0.1) is 17.2 Å². The van der Waals surface area contributed by atoms with Crippen LogP contribution in [0.5, 0.6) is 0 Å². The van der Waals surface area contributed by atoms with E-state index < -0.39 is 0 Å². The third kappa shape index (κ3) is 9.03. The molecular weight excluding hydrogens is 244 g/mol. The zero-order valence-electron chi connectivity index (χ0n) is 12.1. The van der Waals surface area contributed by atoms with E-state index in [1.165, 1.54) is 0 Å². The van der Waals surface area contributed by atoms with Gasteiger partial charge >= 0.3 is 0 Å². The Morgan fingerprint density at radius 1 is 1.32 bits per heavy atom. The second-order valence-electron chi connectivity index (χ2n) is 5.07. The molecule has 19 heavy (non-hydrogen) atoms. The van der Waals surface area contributed by atoms with Crippen molar-refractivity contribution < 1.29 is 9.59 Å². The molecule has 0 unspecified atom stereocenters. The van der Waals surface area contributed by atoms with Gasteiger partial charge < -0.3 is 10.6 Å². The molecule has 0 aliphatic heterocycles. The van der Waals surface area contributed by atoms with Gasteiger partial charge in [0.2, 0.25) is 11.8 Å². The fraction of sp³-hybridized carbons (Fsp3) is 0.769. The smallest absolute Gasteiger partial charge is 0.231 e. The van der Waals surface area contributed by atoms with Crippen LogP contribution in [-0.4, -0.2) is 54.8 Å². The summed E-state index contributed by atoms with van der Waals surface area (Å²) in [5.74, 6) is 0.00480. The lowest BCUT2D eigenvalue weighted by Crippen LogP contribution is -2.39. The SMILES string of the molecule is CC(C)CN(CCC(=O)N(C)CCC#N)CC(N)=O.